The van der Waals surface area contributed by atoms with Crippen LogP contribution in [-0.2, 0) is 4.79 Å². The van der Waals surface area contributed by atoms with Gasteiger partial charge in [-0.15, -0.1) is 10.2 Å². The predicted octanol–water partition coefficient (Wildman–Crippen LogP) is 4.95. The SMILES string of the molecule is CCCN(CC1CC1)C(=O)CSc1nnc(-c2ccccc2)c(-c2ccccc2)n1. The molecule has 154 valence electrons. The summed E-state index contributed by atoms with van der Waals surface area (Å²) in [5, 5.41) is 9.34. The monoisotopic (exact) mass is 418 g/mol. The first-order valence-electron chi connectivity index (χ1n) is 10.5. The van der Waals surface area contributed by atoms with Crippen LogP contribution < -0.4 is 0 Å². The van der Waals surface area contributed by atoms with E-state index in [4.69, 9.17) is 4.98 Å². The van der Waals surface area contributed by atoms with E-state index in [-0.39, 0.29) is 5.91 Å². The summed E-state index contributed by atoms with van der Waals surface area (Å²) < 4.78 is 0. The molecule has 2 aromatic carbocycles. The molecule has 0 N–H and O–H groups in total. The van der Waals surface area contributed by atoms with Crippen LogP contribution in [0.3, 0.4) is 0 Å². The Morgan fingerprint density at radius 3 is 2.20 bits per heavy atom. The number of amides is 1. The molecule has 0 spiro atoms. The van der Waals surface area contributed by atoms with E-state index in [1.165, 1.54) is 24.6 Å². The van der Waals surface area contributed by atoms with Crippen LogP contribution in [0.15, 0.2) is 65.8 Å². The van der Waals surface area contributed by atoms with Gasteiger partial charge in [-0.25, -0.2) is 4.98 Å². The molecule has 1 aromatic heterocycles. The van der Waals surface area contributed by atoms with E-state index < -0.39 is 0 Å². The van der Waals surface area contributed by atoms with Crippen LogP contribution in [0.4, 0.5) is 0 Å². The zero-order chi connectivity index (χ0) is 20.8. The summed E-state index contributed by atoms with van der Waals surface area (Å²) in [6.45, 7) is 3.81. The summed E-state index contributed by atoms with van der Waals surface area (Å²) in [7, 11) is 0. The maximum absolute atomic E-state index is 12.7. The van der Waals surface area contributed by atoms with Crippen LogP contribution in [0.1, 0.15) is 26.2 Å². The molecule has 4 rings (SSSR count). The Bertz CT molecular complexity index is 977. The minimum absolute atomic E-state index is 0.158. The fourth-order valence-electron chi connectivity index (χ4n) is 3.38. The molecule has 1 heterocycles. The highest BCUT2D eigenvalue weighted by Gasteiger charge is 2.26. The topological polar surface area (TPSA) is 59.0 Å². The molecule has 1 aliphatic rings. The molecule has 0 saturated heterocycles. The van der Waals surface area contributed by atoms with E-state index in [1.807, 2.05) is 65.6 Å². The Labute approximate surface area is 181 Å². The molecule has 0 unspecified atom stereocenters. The largest absolute Gasteiger partial charge is 0.342 e. The molecule has 0 aliphatic heterocycles. The van der Waals surface area contributed by atoms with Gasteiger partial charge in [0.1, 0.15) is 11.4 Å². The van der Waals surface area contributed by atoms with Gasteiger partial charge in [0.15, 0.2) is 0 Å². The summed E-state index contributed by atoms with van der Waals surface area (Å²) in [6.07, 6.45) is 3.47. The van der Waals surface area contributed by atoms with Crippen LogP contribution >= 0.6 is 11.8 Å². The van der Waals surface area contributed by atoms with Gasteiger partial charge >= 0.3 is 0 Å². The van der Waals surface area contributed by atoms with Gasteiger partial charge in [-0.3, -0.25) is 4.79 Å². The van der Waals surface area contributed by atoms with E-state index in [0.717, 1.165) is 42.0 Å². The van der Waals surface area contributed by atoms with Gasteiger partial charge in [0.05, 0.1) is 5.75 Å². The highest BCUT2D eigenvalue weighted by molar-refractivity contribution is 7.99. The van der Waals surface area contributed by atoms with Gasteiger partial charge in [0.2, 0.25) is 11.1 Å². The van der Waals surface area contributed by atoms with Crippen LogP contribution in [0, 0.1) is 5.92 Å². The maximum Gasteiger partial charge on any atom is 0.233 e. The average molecular weight is 419 g/mol. The molecular weight excluding hydrogens is 392 g/mol. The maximum atomic E-state index is 12.7. The van der Waals surface area contributed by atoms with Crippen molar-refractivity contribution in [3.8, 4) is 22.5 Å². The molecule has 6 heteroatoms. The van der Waals surface area contributed by atoms with Crippen LogP contribution in [0.5, 0.6) is 0 Å². The number of nitrogens with zero attached hydrogens (tertiary/aromatic N) is 4. The molecule has 5 nitrogen and oxygen atoms in total. The molecule has 3 aromatic rings. The van der Waals surface area contributed by atoms with Gasteiger partial charge in [0, 0.05) is 24.2 Å². The summed E-state index contributed by atoms with van der Waals surface area (Å²) >= 11 is 1.37. The number of hydrogen-bond acceptors (Lipinski definition) is 5. The minimum atomic E-state index is 0.158. The molecular formula is C24H26N4OS. The van der Waals surface area contributed by atoms with Crippen molar-refractivity contribution in [3.05, 3.63) is 60.7 Å². The van der Waals surface area contributed by atoms with Crippen molar-refractivity contribution in [1.82, 2.24) is 20.1 Å². The highest BCUT2D eigenvalue weighted by atomic mass is 32.2. The van der Waals surface area contributed by atoms with Crippen LogP contribution in [0.25, 0.3) is 22.5 Å². The Morgan fingerprint density at radius 1 is 0.967 bits per heavy atom. The third-order valence-electron chi connectivity index (χ3n) is 5.11. The molecule has 1 saturated carbocycles. The first kappa shape index (κ1) is 20.5. The fraction of sp³-hybridized carbons (Fsp3) is 0.333. The van der Waals surface area contributed by atoms with Gasteiger partial charge in [0.25, 0.3) is 0 Å². The van der Waals surface area contributed by atoms with Crippen molar-refractivity contribution < 1.29 is 4.79 Å². The first-order chi connectivity index (χ1) is 14.7. The van der Waals surface area contributed by atoms with Gasteiger partial charge in [-0.2, -0.15) is 0 Å². The third kappa shape index (κ3) is 5.25. The average Bonchev–Trinajstić information content (AvgIpc) is 3.62. The van der Waals surface area contributed by atoms with Gasteiger partial charge < -0.3 is 4.90 Å². The van der Waals surface area contributed by atoms with E-state index in [0.29, 0.717) is 16.8 Å². The van der Waals surface area contributed by atoms with Crippen LogP contribution in [-0.4, -0.2) is 44.8 Å². The zero-order valence-electron chi connectivity index (χ0n) is 17.2. The van der Waals surface area contributed by atoms with Crippen molar-refractivity contribution in [1.29, 1.82) is 0 Å². The lowest BCUT2D eigenvalue weighted by molar-refractivity contribution is -0.128. The van der Waals surface area contributed by atoms with Crippen molar-refractivity contribution in [3.63, 3.8) is 0 Å². The number of aromatic nitrogens is 3. The van der Waals surface area contributed by atoms with E-state index in [2.05, 4.69) is 17.1 Å². The number of hydrogen-bond donors (Lipinski definition) is 0. The van der Waals surface area contributed by atoms with Crippen molar-refractivity contribution >= 4 is 17.7 Å². The number of thioether (sulfide) groups is 1. The lowest BCUT2D eigenvalue weighted by Gasteiger charge is -2.21. The summed E-state index contributed by atoms with van der Waals surface area (Å²) in [5.41, 5.74) is 3.50. The normalized spacial score (nSPS) is 13.2. The zero-order valence-corrected chi connectivity index (χ0v) is 18.0. The fourth-order valence-corrected chi connectivity index (χ4v) is 4.07. The summed E-state index contributed by atoms with van der Waals surface area (Å²) in [6, 6.07) is 20.0. The lowest BCUT2D eigenvalue weighted by atomic mass is 10.0. The van der Waals surface area contributed by atoms with E-state index >= 15 is 0 Å². The number of rotatable bonds is 9. The van der Waals surface area contributed by atoms with Gasteiger partial charge in [-0.05, 0) is 25.2 Å². The molecule has 0 atom stereocenters. The summed E-state index contributed by atoms with van der Waals surface area (Å²) in [4.78, 5) is 19.5. The van der Waals surface area contributed by atoms with Crippen LogP contribution in [0.2, 0.25) is 0 Å². The molecule has 1 amide bonds. The molecule has 30 heavy (non-hydrogen) atoms. The Balaban J connectivity index is 1.55. The lowest BCUT2D eigenvalue weighted by Crippen LogP contribution is -2.35. The second kappa shape index (κ2) is 9.85. The summed E-state index contributed by atoms with van der Waals surface area (Å²) in [5.74, 6) is 1.19. The smallest absolute Gasteiger partial charge is 0.233 e. The van der Waals surface area contributed by atoms with Crippen molar-refractivity contribution in [2.75, 3.05) is 18.8 Å². The molecule has 0 radical (unpaired) electrons. The Kier molecular flexibility index (Phi) is 6.74. The molecule has 1 aliphatic carbocycles. The minimum Gasteiger partial charge on any atom is -0.342 e. The van der Waals surface area contributed by atoms with E-state index in [9.17, 15) is 4.79 Å². The highest BCUT2D eigenvalue weighted by Crippen LogP contribution is 2.31. The van der Waals surface area contributed by atoms with Crippen molar-refractivity contribution in [2.24, 2.45) is 5.92 Å². The standard InChI is InChI=1S/C24H26N4OS/c1-2-15-28(16-18-13-14-18)21(29)17-30-24-25-22(19-9-5-3-6-10-19)23(26-27-24)20-11-7-4-8-12-20/h3-12,18H,2,13-17H2,1H3. The number of carbonyl (C=O) groups excluding carboxylic acids is 1. The third-order valence-corrected chi connectivity index (χ3v) is 5.93. The second-order valence-electron chi connectivity index (χ2n) is 7.60. The van der Waals surface area contributed by atoms with E-state index in [1.54, 1.807) is 0 Å². The first-order valence-corrected chi connectivity index (χ1v) is 11.5. The number of benzene rings is 2. The molecule has 0 bridgehead atoms. The number of carbonyl (C=O) groups is 1. The second-order valence-corrected chi connectivity index (χ2v) is 8.54. The van der Waals surface area contributed by atoms with Gasteiger partial charge in [-0.1, -0.05) is 79.3 Å². The predicted molar refractivity (Wildman–Crippen MR) is 121 cm³/mol. The van der Waals surface area contributed by atoms with Crippen molar-refractivity contribution in [2.45, 2.75) is 31.3 Å². The quantitative estimate of drug-likeness (QED) is 0.460. The Morgan fingerprint density at radius 2 is 1.60 bits per heavy atom. The molecule has 1 fully saturated rings. The Hall–Kier alpha value is -2.73.